The van der Waals surface area contributed by atoms with Crippen LogP contribution in [0.5, 0.6) is 0 Å². The highest BCUT2D eigenvalue weighted by Crippen LogP contribution is 2.49. The molecule has 1 amide bonds. The van der Waals surface area contributed by atoms with Gasteiger partial charge < -0.3 is 4.90 Å². The van der Waals surface area contributed by atoms with E-state index in [0.29, 0.717) is 5.02 Å². The standard InChI is InChI=1S/C16H16ClF2N3O/c1-21(10-13-20-8-9-22(13)15(18)19)14(23)16(6-7-16)11-2-4-12(17)5-3-11/h2-5,8-9,15H,6-7,10H2,1H3. The highest BCUT2D eigenvalue weighted by Gasteiger charge is 2.52. The number of hydrogen-bond acceptors (Lipinski definition) is 2. The molecule has 0 unspecified atom stereocenters. The van der Waals surface area contributed by atoms with Gasteiger partial charge in [0.05, 0.1) is 12.0 Å². The van der Waals surface area contributed by atoms with Crippen molar-refractivity contribution in [2.24, 2.45) is 0 Å². The van der Waals surface area contributed by atoms with Crippen molar-refractivity contribution in [3.05, 3.63) is 53.1 Å². The van der Waals surface area contributed by atoms with Crippen LogP contribution in [0.2, 0.25) is 5.02 Å². The van der Waals surface area contributed by atoms with Crippen LogP contribution in [0.25, 0.3) is 0 Å². The summed E-state index contributed by atoms with van der Waals surface area (Å²) in [6.45, 7) is -2.62. The fourth-order valence-electron chi connectivity index (χ4n) is 2.81. The molecular formula is C16H16ClF2N3O. The minimum absolute atomic E-state index is 0.0471. The third kappa shape index (κ3) is 2.95. The van der Waals surface area contributed by atoms with E-state index in [-0.39, 0.29) is 18.3 Å². The van der Waals surface area contributed by atoms with E-state index in [1.807, 2.05) is 12.1 Å². The topological polar surface area (TPSA) is 38.1 Å². The van der Waals surface area contributed by atoms with Crippen molar-refractivity contribution in [2.75, 3.05) is 7.05 Å². The van der Waals surface area contributed by atoms with Crippen molar-refractivity contribution in [1.29, 1.82) is 0 Å². The van der Waals surface area contributed by atoms with Gasteiger partial charge in [0.1, 0.15) is 5.82 Å². The summed E-state index contributed by atoms with van der Waals surface area (Å²) in [5.74, 6) is 0.0893. The average molecular weight is 340 g/mol. The molecule has 1 fully saturated rings. The second kappa shape index (κ2) is 5.92. The Balaban J connectivity index is 1.77. The average Bonchev–Trinajstić information content (AvgIpc) is 3.20. The number of likely N-dealkylation sites (N-methyl/N-ethyl adjacent to an activating group) is 1. The van der Waals surface area contributed by atoms with Crippen molar-refractivity contribution < 1.29 is 13.6 Å². The molecular weight excluding hydrogens is 324 g/mol. The van der Waals surface area contributed by atoms with Gasteiger partial charge in [-0.3, -0.25) is 9.36 Å². The first-order chi connectivity index (χ1) is 10.9. The summed E-state index contributed by atoms with van der Waals surface area (Å²) in [6.07, 6.45) is 4.03. The van der Waals surface area contributed by atoms with Crippen LogP contribution in [0.1, 0.15) is 30.8 Å². The third-order valence-electron chi connectivity index (χ3n) is 4.24. The van der Waals surface area contributed by atoms with Crippen molar-refractivity contribution in [1.82, 2.24) is 14.5 Å². The van der Waals surface area contributed by atoms with Crippen LogP contribution in [0, 0.1) is 0 Å². The number of halogens is 3. The first-order valence-corrected chi connectivity index (χ1v) is 7.63. The number of aromatic nitrogens is 2. The Kier molecular flexibility index (Phi) is 4.10. The van der Waals surface area contributed by atoms with Crippen molar-refractivity contribution >= 4 is 17.5 Å². The van der Waals surface area contributed by atoms with E-state index in [4.69, 9.17) is 11.6 Å². The second-order valence-electron chi connectivity index (χ2n) is 5.78. The summed E-state index contributed by atoms with van der Waals surface area (Å²) in [5, 5.41) is 0.615. The maximum absolute atomic E-state index is 12.9. The number of alkyl halides is 2. The molecule has 23 heavy (non-hydrogen) atoms. The lowest BCUT2D eigenvalue weighted by Crippen LogP contribution is -2.36. The Morgan fingerprint density at radius 3 is 2.61 bits per heavy atom. The molecule has 3 rings (SSSR count). The lowest BCUT2D eigenvalue weighted by Gasteiger charge is -2.24. The molecule has 0 saturated heterocycles. The SMILES string of the molecule is CN(Cc1nccn1C(F)F)C(=O)C1(c2ccc(Cl)cc2)CC1. The largest absolute Gasteiger partial charge is 0.338 e. The number of rotatable bonds is 5. The van der Waals surface area contributed by atoms with Gasteiger partial charge in [0.2, 0.25) is 5.91 Å². The Morgan fingerprint density at radius 2 is 2.04 bits per heavy atom. The zero-order valence-corrected chi connectivity index (χ0v) is 13.3. The molecule has 0 N–H and O–H groups in total. The van der Waals surface area contributed by atoms with E-state index < -0.39 is 12.0 Å². The minimum Gasteiger partial charge on any atom is -0.338 e. The molecule has 1 heterocycles. The molecule has 0 spiro atoms. The number of carbonyl (C=O) groups excluding carboxylic acids is 1. The molecule has 7 heteroatoms. The number of hydrogen-bond donors (Lipinski definition) is 0. The summed E-state index contributed by atoms with van der Waals surface area (Å²) in [7, 11) is 1.61. The van der Waals surface area contributed by atoms with Crippen LogP contribution in [-0.4, -0.2) is 27.4 Å². The molecule has 4 nitrogen and oxygen atoms in total. The third-order valence-corrected chi connectivity index (χ3v) is 4.49. The van der Waals surface area contributed by atoms with Gasteiger partial charge in [0, 0.05) is 24.5 Å². The molecule has 0 atom stereocenters. The normalized spacial score (nSPS) is 15.7. The van der Waals surface area contributed by atoms with Crippen LogP contribution < -0.4 is 0 Å². The molecule has 122 valence electrons. The molecule has 0 aliphatic heterocycles. The Hall–Kier alpha value is -1.95. The van der Waals surface area contributed by atoms with Crippen LogP contribution in [0.4, 0.5) is 8.78 Å². The van der Waals surface area contributed by atoms with Gasteiger partial charge in [0.15, 0.2) is 0 Å². The molecule has 0 bridgehead atoms. The Morgan fingerprint density at radius 1 is 1.39 bits per heavy atom. The van der Waals surface area contributed by atoms with Gasteiger partial charge in [-0.25, -0.2) is 4.98 Å². The van der Waals surface area contributed by atoms with Gasteiger partial charge in [-0.05, 0) is 30.5 Å². The highest BCUT2D eigenvalue weighted by molar-refractivity contribution is 6.30. The van der Waals surface area contributed by atoms with Crippen molar-refractivity contribution in [2.45, 2.75) is 31.4 Å². The summed E-state index contributed by atoms with van der Waals surface area (Å²) in [4.78, 5) is 18.2. The first-order valence-electron chi connectivity index (χ1n) is 7.25. The summed E-state index contributed by atoms with van der Waals surface area (Å²) in [5.41, 5.74) is 0.359. The highest BCUT2D eigenvalue weighted by atomic mass is 35.5. The minimum atomic E-state index is -2.66. The quantitative estimate of drug-likeness (QED) is 0.834. The van der Waals surface area contributed by atoms with E-state index in [1.165, 1.54) is 17.3 Å². The lowest BCUT2D eigenvalue weighted by atomic mass is 9.94. The molecule has 1 aliphatic rings. The van der Waals surface area contributed by atoms with Crippen molar-refractivity contribution in [3.8, 4) is 0 Å². The zero-order chi connectivity index (χ0) is 16.6. The smallest absolute Gasteiger partial charge is 0.319 e. The van der Waals surface area contributed by atoms with E-state index in [1.54, 1.807) is 19.2 Å². The van der Waals surface area contributed by atoms with E-state index in [9.17, 15) is 13.6 Å². The predicted octanol–water partition coefficient (Wildman–Crippen LogP) is 3.62. The molecule has 1 aliphatic carbocycles. The maximum Gasteiger partial charge on any atom is 0.319 e. The molecule has 1 saturated carbocycles. The molecule has 2 aromatic rings. The predicted molar refractivity (Wildman–Crippen MR) is 82.3 cm³/mol. The summed E-state index contributed by atoms with van der Waals surface area (Å²) < 4.78 is 26.5. The lowest BCUT2D eigenvalue weighted by molar-refractivity contribution is -0.133. The van der Waals surface area contributed by atoms with Gasteiger partial charge in [-0.1, -0.05) is 23.7 Å². The fourth-order valence-corrected chi connectivity index (χ4v) is 2.94. The van der Waals surface area contributed by atoms with Crippen molar-refractivity contribution in [3.63, 3.8) is 0 Å². The van der Waals surface area contributed by atoms with Crippen LogP contribution in [0.15, 0.2) is 36.7 Å². The monoisotopic (exact) mass is 339 g/mol. The maximum atomic E-state index is 12.9. The number of carbonyl (C=O) groups is 1. The molecule has 1 aromatic carbocycles. The number of benzene rings is 1. The summed E-state index contributed by atoms with van der Waals surface area (Å²) in [6, 6.07) is 7.21. The fraction of sp³-hybridized carbons (Fsp3) is 0.375. The molecule has 1 aromatic heterocycles. The zero-order valence-electron chi connectivity index (χ0n) is 12.5. The number of amides is 1. The Bertz CT molecular complexity index is 710. The van der Waals surface area contributed by atoms with Gasteiger partial charge in [0.25, 0.3) is 0 Å². The van der Waals surface area contributed by atoms with E-state index in [0.717, 1.165) is 23.0 Å². The first kappa shape index (κ1) is 15.9. The van der Waals surface area contributed by atoms with Crippen LogP contribution in [0.3, 0.4) is 0 Å². The van der Waals surface area contributed by atoms with Crippen LogP contribution >= 0.6 is 11.6 Å². The second-order valence-corrected chi connectivity index (χ2v) is 6.22. The van der Waals surface area contributed by atoms with Gasteiger partial charge in [-0.2, -0.15) is 8.78 Å². The molecule has 0 radical (unpaired) electrons. The Labute approximate surface area is 137 Å². The van der Waals surface area contributed by atoms with Gasteiger partial charge in [-0.15, -0.1) is 0 Å². The van der Waals surface area contributed by atoms with Crippen LogP contribution in [-0.2, 0) is 16.8 Å². The van der Waals surface area contributed by atoms with E-state index in [2.05, 4.69) is 4.98 Å². The van der Waals surface area contributed by atoms with Gasteiger partial charge >= 0.3 is 6.55 Å². The summed E-state index contributed by atoms with van der Waals surface area (Å²) >= 11 is 5.89. The van der Waals surface area contributed by atoms with E-state index >= 15 is 0 Å². The number of nitrogens with zero attached hydrogens (tertiary/aromatic N) is 3. The number of imidazole rings is 1.